The van der Waals surface area contributed by atoms with Crippen molar-refractivity contribution in [2.75, 3.05) is 30.0 Å². The van der Waals surface area contributed by atoms with E-state index in [-0.39, 0.29) is 0 Å². The average Bonchev–Trinajstić information content (AvgIpc) is 2.81. The summed E-state index contributed by atoms with van der Waals surface area (Å²) < 4.78 is 3.08. The maximum absolute atomic E-state index is 6.44. The molecule has 0 spiro atoms. The van der Waals surface area contributed by atoms with Crippen molar-refractivity contribution in [2.24, 2.45) is 10.7 Å². The fourth-order valence-corrected chi connectivity index (χ4v) is 3.32. The third kappa shape index (κ3) is 7.47. The van der Waals surface area contributed by atoms with Crippen molar-refractivity contribution in [3.8, 4) is 0 Å². The van der Waals surface area contributed by atoms with Crippen LogP contribution in [0.25, 0.3) is 5.70 Å². The number of allylic oxidation sites excluding steroid dienone is 1. The standard InChI is InChI=1S/C24H28N6S/c1-26-31-15-14-29-24-10-9-21(30-20-7-3-2-4-8-20)16-22(24)23(25)11-13-28-18-19-6-5-12-27-17-19/h2-13,16-17,26,29-30H,14-15,18,25H2,1H3. The molecule has 0 saturated heterocycles. The van der Waals surface area contributed by atoms with Gasteiger partial charge in [0.15, 0.2) is 0 Å². The number of para-hydroxylation sites is 1. The highest BCUT2D eigenvalue weighted by Crippen LogP contribution is 2.27. The molecule has 6 nitrogen and oxygen atoms in total. The number of rotatable bonds is 11. The van der Waals surface area contributed by atoms with Crippen LogP contribution in [0.15, 0.2) is 84.1 Å². The first-order valence-electron chi connectivity index (χ1n) is 10.1. The summed E-state index contributed by atoms with van der Waals surface area (Å²) >= 11 is 1.66. The molecule has 2 aromatic carbocycles. The van der Waals surface area contributed by atoms with E-state index < -0.39 is 0 Å². The minimum absolute atomic E-state index is 0.569. The summed E-state index contributed by atoms with van der Waals surface area (Å²) in [5, 5.41) is 6.90. The van der Waals surface area contributed by atoms with Crippen molar-refractivity contribution in [1.29, 1.82) is 0 Å². The molecule has 0 saturated carbocycles. The highest BCUT2D eigenvalue weighted by molar-refractivity contribution is 7.97. The number of benzene rings is 2. The normalized spacial score (nSPS) is 11.6. The summed E-state index contributed by atoms with van der Waals surface area (Å²) in [6.45, 7) is 1.39. The molecule has 0 amide bonds. The van der Waals surface area contributed by atoms with E-state index in [1.54, 1.807) is 24.4 Å². The zero-order valence-electron chi connectivity index (χ0n) is 17.6. The fourth-order valence-electron chi connectivity index (χ4n) is 2.91. The number of nitrogens with zero attached hydrogens (tertiary/aromatic N) is 2. The third-order valence-corrected chi connectivity index (χ3v) is 5.11. The van der Waals surface area contributed by atoms with Gasteiger partial charge in [0.05, 0.1) is 6.54 Å². The summed E-state index contributed by atoms with van der Waals surface area (Å²) in [4.78, 5) is 8.55. The van der Waals surface area contributed by atoms with Gasteiger partial charge in [-0.25, -0.2) is 0 Å². The lowest BCUT2D eigenvalue weighted by Gasteiger charge is -2.15. The van der Waals surface area contributed by atoms with Crippen molar-refractivity contribution >= 4 is 40.9 Å². The van der Waals surface area contributed by atoms with Crippen LogP contribution in [0.1, 0.15) is 11.1 Å². The first-order chi connectivity index (χ1) is 15.3. The van der Waals surface area contributed by atoms with Gasteiger partial charge in [-0.3, -0.25) is 14.7 Å². The van der Waals surface area contributed by atoms with Gasteiger partial charge in [0.1, 0.15) is 0 Å². The minimum Gasteiger partial charge on any atom is -0.398 e. The third-order valence-electron chi connectivity index (χ3n) is 4.41. The molecule has 160 valence electrons. The number of pyridine rings is 1. The number of anilines is 3. The molecule has 0 radical (unpaired) electrons. The maximum atomic E-state index is 6.44. The molecular weight excluding hydrogens is 404 g/mol. The number of hydrogen-bond donors (Lipinski definition) is 4. The van der Waals surface area contributed by atoms with Crippen LogP contribution in [0, 0.1) is 0 Å². The zero-order valence-corrected chi connectivity index (χ0v) is 18.4. The van der Waals surface area contributed by atoms with Crippen LogP contribution in [0.5, 0.6) is 0 Å². The molecule has 3 aromatic rings. The van der Waals surface area contributed by atoms with Gasteiger partial charge in [0.2, 0.25) is 0 Å². The number of nitrogens with one attached hydrogen (secondary N) is 3. The molecule has 0 aliphatic carbocycles. The van der Waals surface area contributed by atoms with Gasteiger partial charge in [-0.05, 0) is 55.1 Å². The van der Waals surface area contributed by atoms with Crippen LogP contribution < -0.4 is 21.1 Å². The van der Waals surface area contributed by atoms with E-state index in [1.165, 1.54) is 0 Å². The highest BCUT2D eigenvalue weighted by atomic mass is 32.2. The summed E-state index contributed by atoms with van der Waals surface area (Å²) in [5.41, 5.74) is 12.1. The lowest BCUT2D eigenvalue weighted by atomic mass is 10.1. The van der Waals surface area contributed by atoms with E-state index in [9.17, 15) is 0 Å². The van der Waals surface area contributed by atoms with E-state index in [4.69, 9.17) is 5.73 Å². The molecule has 31 heavy (non-hydrogen) atoms. The quantitative estimate of drug-likeness (QED) is 0.200. The molecule has 5 N–H and O–H groups in total. The molecule has 0 bridgehead atoms. The fraction of sp³-hybridized carbons (Fsp3) is 0.167. The van der Waals surface area contributed by atoms with Gasteiger partial charge in [-0.2, -0.15) is 0 Å². The van der Waals surface area contributed by atoms with Gasteiger partial charge in [0.25, 0.3) is 0 Å². The zero-order chi connectivity index (χ0) is 21.7. The highest BCUT2D eigenvalue weighted by Gasteiger charge is 2.07. The van der Waals surface area contributed by atoms with Crippen molar-refractivity contribution < 1.29 is 0 Å². The Kier molecular flexibility index (Phi) is 8.97. The molecule has 0 aliphatic rings. The topological polar surface area (TPSA) is 87.4 Å². The van der Waals surface area contributed by atoms with Crippen molar-refractivity contribution in [3.05, 3.63) is 90.3 Å². The second-order valence-electron chi connectivity index (χ2n) is 6.70. The van der Waals surface area contributed by atoms with Crippen molar-refractivity contribution in [1.82, 2.24) is 9.71 Å². The van der Waals surface area contributed by atoms with Crippen LogP contribution >= 0.6 is 11.9 Å². The lowest BCUT2D eigenvalue weighted by Crippen LogP contribution is -2.10. The first-order valence-corrected chi connectivity index (χ1v) is 11.1. The molecule has 0 fully saturated rings. The van der Waals surface area contributed by atoms with Crippen LogP contribution in [-0.2, 0) is 6.54 Å². The summed E-state index contributed by atoms with van der Waals surface area (Å²) in [5.74, 6) is 0.941. The molecule has 0 aliphatic heterocycles. The molecule has 1 heterocycles. The number of aromatic nitrogens is 1. The van der Waals surface area contributed by atoms with Gasteiger partial charge in [-0.1, -0.05) is 36.2 Å². The van der Waals surface area contributed by atoms with E-state index in [1.807, 2.05) is 67.9 Å². The first kappa shape index (κ1) is 22.4. The largest absolute Gasteiger partial charge is 0.398 e. The molecular formula is C24H28N6S. The summed E-state index contributed by atoms with van der Waals surface area (Å²) in [6, 6.07) is 20.1. The molecule has 3 rings (SSSR count). The summed E-state index contributed by atoms with van der Waals surface area (Å²) in [6.07, 6.45) is 7.16. The van der Waals surface area contributed by atoms with Crippen molar-refractivity contribution in [3.63, 3.8) is 0 Å². The Labute approximate surface area is 188 Å². The Morgan fingerprint density at radius 2 is 1.97 bits per heavy atom. The van der Waals surface area contributed by atoms with Crippen LogP contribution in [0.4, 0.5) is 17.1 Å². The van der Waals surface area contributed by atoms with Crippen molar-refractivity contribution in [2.45, 2.75) is 6.54 Å². The predicted octanol–water partition coefficient (Wildman–Crippen LogP) is 4.68. The Balaban J connectivity index is 1.76. The molecule has 1 aromatic heterocycles. The minimum atomic E-state index is 0.569. The smallest absolute Gasteiger partial charge is 0.0654 e. The maximum Gasteiger partial charge on any atom is 0.0654 e. The summed E-state index contributed by atoms with van der Waals surface area (Å²) in [7, 11) is 1.92. The predicted molar refractivity (Wildman–Crippen MR) is 135 cm³/mol. The van der Waals surface area contributed by atoms with E-state index in [2.05, 4.69) is 37.5 Å². The van der Waals surface area contributed by atoms with Gasteiger partial charge in [0, 0.05) is 59.2 Å². The van der Waals surface area contributed by atoms with E-state index in [0.29, 0.717) is 12.2 Å². The van der Waals surface area contributed by atoms with E-state index in [0.717, 1.165) is 40.5 Å². The Bertz CT molecular complexity index is 989. The molecule has 0 atom stereocenters. The SMILES string of the molecule is CNSCCNc1ccc(Nc2ccccc2)cc1C(N)=CC=NCc1cccnc1. The molecule has 0 unspecified atom stereocenters. The monoisotopic (exact) mass is 432 g/mol. The Morgan fingerprint density at radius 3 is 2.74 bits per heavy atom. The number of aliphatic imine (C=N–C) groups is 1. The van der Waals surface area contributed by atoms with Crippen LogP contribution in [0.3, 0.4) is 0 Å². The average molecular weight is 433 g/mol. The second-order valence-corrected chi connectivity index (χ2v) is 7.81. The van der Waals surface area contributed by atoms with Gasteiger partial charge in [-0.15, -0.1) is 0 Å². The van der Waals surface area contributed by atoms with Crippen LogP contribution in [-0.4, -0.2) is 30.5 Å². The van der Waals surface area contributed by atoms with Gasteiger partial charge < -0.3 is 16.4 Å². The number of hydrogen-bond acceptors (Lipinski definition) is 7. The van der Waals surface area contributed by atoms with Gasteiger partial charge >= 0.3 is 0 Å². The van der Waals surface area contributed by atoms with Crippen LogP contribution in [0.2, 0.25) is 0 Å². The Morgan fingerprint density at radius 1 is 1.10 bits per heavy atom. The second kappa shape index (κ2) is 12.4. The Hall–Kier alpha value is -3.29. The molecule has 7 heteroatoms. The number of nitrogens with two attached hydrogens (primary N) is 1. The lowest BCUT2D eigenvalue weighted by molar-refractivity contribution is 1.05. The van der Waals surface area contributed by atoms with E-state index >= 15 is 0 Å².